The number of hydrogen-bond donors (Lipinski definition) is 3. The number of pyridine rings is 1. The maximum absolute atomic E-state index is 11.6. The Hall–Kier alpha value is -3.44. The molecule has 0 unspecified atom stereocenters. The van der Waals surface area contributed by atoms with E-state index < -0.39 is 24.1 Å². The molecule has 1 aliphatic rings. The van der Waals surface area contributed by atoms with Crippen LogP contribution in [0.25, 0.3) is 11.3 Å². The van der Waals surface area contributed by atoms with Gasteiger partial charge < -0.3 is 15.3 Å². The molecule has 0 saturated carbocycles. The first-order valence-corrected chi connectivity index (χ1v) is 8.30. The van der Waals surface area contributed by atoms with E-state index in [4.69, 9.17) is 15.0 Å². The average Bonchev–Trinajstić information content (AvgIpc) is 3.00. The minimum Gasteiger partial charge on any atom is -0.481 e. The van der Waals surface area contributed by atoms with Gasteiger partial charge in [0.25, 0.3) is 0 Å². The van der Waals surface area contributed by atoms with Crippen molar-refractivity contribution in [2.24, 2.45) is 0 Å². The van der Waals surface area contributed by atoms with Crippen molar-refractivity contribution in [2.75, 3.05) is 0 Å². The van der Waals surface area contributed by atoms with Crippen LogP contribution in [0.3, 0.4) is 0 Å². The van der Waals surface area contributed by atoms with Crippen molar-refractivity contribution in [2.45, 2.75) is 38.4 Å². The highest BCUT2D eigenvalue weighted by molar-refractivity contribution is 5.90. The fourth-order valence-corrected chi connectivity index (χ4v) is 2.85. The number of carboxylic acid groups (broad SMARTS) is 3. The van der Waals surface area contributed by atoms with Gasteiger partial charge in [-0.05, 0) is 30.9 Å². The van der Waals surface area contributed by atoms with Crippen LogP contribution in [0.1, 0.15) is 34.5 Å². The molecule has 0 spiro atoms. The lowest BCUT2D eigenvalue weighted by Crippen LogP contribution is -2.21. The van der Waals surface area contributed by atoms with Crippen LogP contribution in [-0.4, -0.2) is 54.2 Å². The van der Waals surface area contributed by atoms with Crippen LogP contribution in [-0.2, 0) is 29.0 Å². The van der Waals surface area contributed by atoms with Gasteiger partial charge in [0.05, 0.1) is 5.69 Å². The van der Waals surface area contributed by atoms with Gasteiger partial charge in [0, 0.05) is 36.5 Å². The molecule has 0 bridgehead atoms. The summed E-state index contributed by atoms with van der Waals surface area (Å²) in [6.07, 6.45) is 0.0370. The molecule has 0 radical (unpaired) electrons. The Balaban J connectivity index is 0.000000370. The number of rotatable bonds is 5. The molecule has 0 fully saturated rings. The minimum absolute atomic E-state index is 0.00983. The third-order valence-electron chi connectivity index (χ3n) is 4.06. The van der Waals surface area contributed by atoms with E-state index in [0.717, 1.165) is 23.1 Å². The van der Waals surface area contributed by atoms with Crippen molar-refractivity contribution < 1.29 is 42.9 Å². The molecule has 2 aromatic heterocycles. The predicted molar refractivity (Wildman–Crippen MR) is 90.4 cm³/mol. The van der Waals surface area contributed by atoms with Crippen LogP contribution in [0.15, 0.2) is 18.5 Å². The molecule has 3 N–H and O–H groups in total. The zero-order valence-electron chi connectivity index (χ0n) is 14.8. The van der Waals surface area contributed by atoms with E-state index >= 15 is 0 Å². The molecule has 2 aromatic rings. The summed E-state index contributed by atoms with van der Waals surface area (Å²) in [6, 6.07) is 1.84. The van der Waals surface area contributed by atoms with E-state index in [1.54, 1.807) is 12.4 Å². The van der Waals surface area contributed by atoms with Crippen molar-refractivity contribution in [3.63, 3.8) is 0 Å². The summed E-state index contributed by atoms with van der Waals surface area (Å²) < 4.78 is 33.2. The van der Waals surface area contributed by atoms with Gasteiger partial charge in [-0.3, -0.25) is 14.5 Å². The number of halogens is 3. The second-order valence-corrected chi connectivity index (χ2v) is 6.04. The number of aliphatic carboxylic acids is 2. The van der Waals surface area contributed by atoms with Crippen LogP contribution >= 0.6 is 0 Å². The monoisotopic (exact) mass is 415 g/mol. The number of aromatic carboxylic acids is 1. The standard InChI is InChI=1S/C15H15N3O4.C2HF3O2/c19-12(20)2-1-7-18-14(15(21)22)11-4-3-9-8-16-6-5-10(9)13(11)17-18;3-2(4,5)1(6)7/h5-6,8H,1-4,7H2,(H,19,20)(H,21,22);(H,6,7). The van der Waals surface area contributed by atoms with Gasteiger partial charge in [0.15, 0.2) is 0 Å². The highest BCUT2D eigenvalue weighted by atomic mass is 19.4. The van der Waals surface area contributed by atoms with E-state index in [0.29, 0.717) is 18.5 Å². The third-order valence-corrected chi connectivity index (χ3v) is 4.06. The summed E-state index contributed by atoms with van der Waals surface area (Å²) in [7, 11) is 0. The van der Waals surface area contributed by atoms with Crippen molar-refractivity contribution in [1.29, 1.82) is 0 Å². The SMILES string of the molecule is O=C(O)C(F)(F)F.O=C(O)CCCn1nc2c(c1C(=O)O)CCc1cnccc1-2. The average molecular weight is 415 g/mol. The lowest BCUT2D eigenvalue weighted by Gasteiger charge is -2.14. The maximum Gasteiger partial charge on any atom is 0.490 e. The van der Waals surface area contributed by atoms with Crippen LogP contribution < -0.4 is 0 Å². The molecule has 12 heteroatoms. The Morgan fingerprint density at radius 1 is 1.14 bits per heavy atom. The number of aryl methyl sites for hydroxylation is 2. The van der Waals surface area contributed by atoms with E-state index in [1.807, 2.05) is 6.07 Å². The number of carboxylic acids is 3. The third kappa shape index (κ3) is 5.30. The van der Waals surface area contributed by atoms with Gasteiger partial charge in [-0.1, -0.05) is 0 Å². The molecule has 0 aliphatic heterocycles. The van der Waals surface area contributed by atoms with Gasteiger partial charge in [-0.2, -0.15) is 18.3 Å². The van der Waals surface area contributed by atoms with E-state index in [-0.39, 0.29) is 18.7 Å². The lowest BCUT2D eigenvalue weighted by atomic mass is 9.90. The molecular formula is C17H16F3N3O6. The highest BCUT2D eigenvalue weighted by Crippen LogP contribution is 2.34. The Morgan fingerprint density at radius 2 is 1.79 bits per heavy atom. The first-order chi connectivity index (χ1) is 13.5. The molecule has 1 aliphatic carbocycles. The van der Waals surface area contributed by atoms with Gasteiger partial charge in [-0.15, -0.1) is 0 Å². The molecular weight excluding hydrogens is 399 g/mol. The van der Waals surface area contributed by atoms with Gasteiger partial charge in [-0.25, -0.2) is 9.59 Å². The second kappa shape index (κ2) is 8.71. The number of fused-ring (bicyclic) bond motifs is 3. The predicted octanol–water partition coefficient (Wildman–Crippen LogP) is 2.24. The molecule has 0 saturated heterocycles. The first kappa shape index (κ1) is 21.9. The fraction of sp³-hybridized carbons (Fsp3) is 0.353. The fourth-order valence-electron chi connectivity index (χ4n) is 2.85. The Labute approximate surface area is 161 Å². The number of alkyl halides is 3. The molecule has 3 rings (SSSR count). The summed E-state index contributed by atoms with van der Waals surface area (Å²) in [5, 5.41) is 29.7. The normalized spacial score (nSPS) is 12.2. The second-order valence-electron chi connectivity index (χ2n) is 6.04. The van der Waals surface area contributed by atoms with Crippen LogP contribution in [0.2, 0.25) is 0 Å². The van der Waals surface area contributed by atoms with Crippen molar-refractivity contribution in [3.8, 4) is 11.3 Å². The first-order valence-electron chi connectivity index (χ1n) is 8.30. The number of hydrogen-bond acceptors (Lipinski definition) is 5. The van der Waals surface area contributed by atoms with Crippen molar-refractivity contribution >= 4 is 17.9 Å². The molecule has 0 atom stereocenters. The molecule has 156 valence electrons. The molecule has 2 heterocycles. The van der Waals surface area contributed by atoms with Crippen LogP contribution in [0.5, 0.6) is 0 Å². The smallest absolute Gasteiger partial charge is 0.481 e. The number of aromatic nitrogens is 3. The molecule has 0 aromatic carbocycles. The molecule has 29 heavy (non-hydrogen) atoms. The van der Waals surface area contributed by atoms with Crippen LogP contribution in [0.4, 0.5) is 13.2 Å². The topological polar surface area (TPSA) is 143 Å². The Kier molecular flexibility index (Phi) is 6.56. The summed E-state index contributed by atoms with van der Waals surface area (Å²) in [6.45, 7) is 0.279. The summed E-state index contributed by atoms with van der Waals surface area (Å²) in [4.78, 5) is 35.2. The summed E-state index contributed by atoms with van der Waals surface area (Å²) >= 11 is 0. The largest absolute Gasteiger partial charge is 0.490 e. The Morgan fingerprint density at radius 3 is 2.34 bits per heavy atom. The van der Waals surface area contributed by atoms with E-state index in [1.165, 1.54) is 4.68 Å². The van der Waals surface area contributed by atoms with Crippen molar-refractivity contribution in [3.05, 3.63) is 35.3 Å². The molecule has 0 amide bonds. The van der Waals surface area contributed by atoms with E-state index in [9.17, 15) is 27.9 Å². The maximum atomic E-state index is 11.6. The van der Waals surface area contributed by atoms with Crippen LogP contribution in [0, 0.1) is 0 Å². The zero-order valence-corrected chi connectivity index (χ0v) is 14.8. The lowest BCUT2D eigenvalue weighted by molar-refractivity contribution is -0.192. The zero-order chi connectivity index (χ0) is 21.8. The quantitative estimate of drug-likeness (QED) is 0.675. The number of carbonyl (C=O) groups is 3. The van der Waals surface area contributed by atoms with E-state index in [2.05, 4.69) is 10.1 Å². The van der Waals surface area contributed by atoms with Gasteiger partial charge in [0.1, 0.15) is 5.69 Å². The number of nitrogens with zero attached hydrogens (tertiary/aromatic N) is 3. The van der Waals surface area contributed by atoms with Crippen molar-refractivity contribution in [1.82, 2.24) is 14.8 Å². The van der Waals surface area contributed by atoms with Gasteiger partial charge in [0.2, 0.25) is 0 Å². The summed E-state index contributed by atoms with van der Waals surface area (Å²) in [5.74, 6) is -4.68. The van der Waals surface area contributed by atoms with Gasteiger partial charge >= 0.3 is 24.1 Å². The Bertz CT molecular complexity index is 939. The highest BCUT2D eigenvalue weighted by Gasteiger charge is 2.38. The minimum atomic E-state index is -5.08. The molecule has 9 nitrogen and oxygen atoms in total. The summed E-state index contributed by atoms with van der Waals surface area (Å²) in [5.41, 5.74) is 3.54.